The van der Waals surface area contributed by atoms with E-state index < -0.39 is 0 Å². The van der Waals surface area contributed by atoms with Crippen LogP contribution in [0.15, 0.2) is 93.7 Å². The van der Waals surface area contributed by atoms with Crippen LogP contribution in [0.3, 0.4) is 0 Å². The Morgan fingerprint density at radius 1 is 0.750 bits per heavy atom. The number of hydrogen-bond acceptors (Lipinski definition) is 3. The van der Waals surface area contributed by atoms with E-state index in [9.17, 15) is 0 Å². The van der Waals surface area contributed by atoms with E-state index in [0.717, 1.165) is 34.4 Å². The van der Waals surface area contributed by atoms with E-state index in [1.807, 2.05) is 12.1 Å². The monoisotopic (exact) mass is 454 g/mol. The molecule has 0 spiro atoms. The molecule has 32 heavy (non-hydrogen) atoms. The van der Waals surface area contributed by atoms with Crippen molar-refractivity contribution in [2.24, 2.45) is 9.98 Å². The van der Waals surface area contributed by atoms with E-state index >= 15 is 0 Å². The van der Waals surface area contributed by atoms with Gasteiger partial charge in [0.2, 0.25) is 0 Å². The van der Waals surface area contributed by atoms with Gasteiger partial charge in [-0.1, -0.05) is 66.2 Å². The summed E-state index contributed by atoms with van der Waals surface area (Å²) < 4.78 is 0. The minimum absolute atomic E-state index is 0.721. The molecule has 4 heteroatoms. The molecule has 1 aliphatic carbocycles. The van der Waals surface area contributed by atoms with Crippen LogP contribution in [0.4, 0.5) is 5.69 Å². The molecular weight excluding hydrogens is 432 g/mol. The summed E-state index contributed by atoms with van der Waals surface area (Å²) in [6.45, 7) is 4.96. The van der Waals surface area contributed by atoms with Gasteiger partial charge >= 0.3 is 0 Å². The third-order valence-electron chi connectivity index (χ3n) is 5.75. The predicted molar refractivity (Wildman–Crippen MR) is 140 cm³/mol. The van der Waals surface area contributed by atoms with Crippen LogP contribution in [0, 0.1) is 13.8 Å². The first kappa shape index (κ1) is 21.0. The van der Waals surface area contributed by atoms with Gasteiger partial charge in [-0.15, -0.1) is 11.8 Å². The van der Waals surface area contributed by atoms with Crippen molar-refractivity contribution in [1.29, 1.82) is 0 Å². The van der Waals surface area contributed by atoms with Gasteiger partial charge in [-0.05, 0) is 54.6 Å². The van der Waals surface area contributed by atoms with Crippen LogP contribution in [0.5, 0.6) is 0 Å². The highest BCUT2D eigenvalue weighted by molar-refractivity contribution is 7.99. The van der Waals surface area contributed by atoms with Crippen molar-refractivity contribution in [2.45, 2.75) is 18.7 Å². The van der Waals surface area contributed by atoms with E-state index in [1.165, 1.54) is 37.9 Å². The molecule has 0 atom stereocenters. The maximum Gasteiger partial charge on any atom is 0.0974 e. The summed E-state index contributed by atoms with van der Waals surface area (Å²) in [4.78, 5) is 11.5. The Morgan fingerprint density at radius 2 is 1.38 bits per heavy atom. The van der Waals surface area contributed by atoms with Gasteiger partial charge in [0.15, 0.2) is 0 Å². The number of aryl methyl sites for hydroxylation is 2. The van der Waals surface area contributed by atoms with E-state index in [2.05, 4.69) is 80.6 Å². The molecule has 0 saturated carbocycles. The molecule has 0 fully saturated rings. The molecule has 0 heterocycles. The number of nitrogens with zero attached hydrogens (tertiary/aromatic N) is 2. The molecule has 0 radical (unpaired) electrons. The molecule has 4 aromatic rings. The molecule has 5 rings (SSSR count). The number of thioether (sulfide) groups is 1. The Labute approximate surface area is 198 Å². The van der Waals surface area contributed by atoms with Crippen LogP contribution >= 0.6 is 23.4 Å². The first-order valence-electron chi connectivity index (χ1n) is 10.7. The van der Waals surface area contributed by atoms with Crippen molar-refractivity contribution in [3.05, 3.63) is 106 Å². The van der Waals surface area contributed by atoms with Crippen molar-refractivity contribution >= 4 is 51.2 Å². The molecule has 0 aliphatic heterocycles. The lowest BCUT2D eigenvalue weighted by molar-refractivity contribution is 1.15. The zero-order valence-electron chi connectivity index (χ0n) is 18.1. The van der Waals surface area contributed by atoms with Crippen LogP contribution in [-0.2, 0) is 0 Å². The summed E-state index contributed by atoms with van der Waals surface area (Å²) in [5, 5.41) is 3.25. The van der Waals surface area contributed by atoms with E-state index in [1.54, 1.807) is 11.8 Å². The highest BCUT2D eigenvalue weighted by Gasteiger charge is 2.27. The number of hydrogen-bond donors (Lipinski definition) is 0. The predicted octanol–water partition coefficient (Wildman–Crippen LogP) is 7.83. The van der Waals surface area contributed by atoms with Crippen LogP contribution in [0.2, 0.25) is 5.02 Å². The Bertz CT molecular complexity index is 1340. The molecule has 158 valence electrons. The summed E-state index contributed by atoms with van der Waals surface area (Å²) in [6, 6.07) is 27.2. The van der Waals surface area contributed by atoms with Gasteiger partial charge in [-0.25, -0.2) is 4.99 Å². The molecule has 0 amide bonds. The van der Waals surface area contributed by atoms with Gasteiger partial charge in [0.25, 0.3) is 0 Å². The maximum atomic E-state index is 6.00. The Hall–Kier alpha value is -2.88. The van der Waals surface area contributed by atoms with Crippen molar-refractivity contribution in [3.63, 3.8) is 0 Å². The number of para-hydroxylation sites is 1. The van der Waals surface area contributed by atoms with Crippen LogP contribution < -0.4 is 0 Å². The first-order chi connectivity index (χ1) is 15.6. The Balaban J connectivity index is 1.53. The largest absolute Gasteiger partial charge is 0.282 e. The zero-order chi connectivity index (χ0) is 22.1. The topological polar surface area (TPSA) is 24.7 Å². The van der Waals surface area contributed by atoms with Crippen molar-refractivity contribution < 1.29 is 0 Å². The molecule has 0 N–H and O–H groups in total. The molecule has 0 bridgehead atoms. The van der Waals surface area contributed by atoms with Crippen molar-refractivity contribution in [1.82, 2.24) is 0 Å². The second kappa shape index (κ2) is 8.93. The van der Waals surface area contributed by atoms with Crippen molar-refractivity contribution in [3.8, 4) is 0 Å². The molecular formula is C28H23ClN2S. The average Bonchev–Trinajstić information content (AvgIpc) is 3.10. The summed E-state index contributed by atoms with van der Waals surface area (Å²) in [5.74, 6) is 0.897. The summed E-state index contributed by atoms with van der Waals surface area (Å²) in [6.07, 6.45) is 0. The minimum atomic E-state index is 0.721. The Morgan fingerprint density at radius 3 is 2.06 bits per heavy atom. The second-order valence-corrected chi connectivity index (χ2v) is 9.55. The lowest BCUT2D eigenvalue weighted by Crippen LogP contribution is -2.12. The molecule has 1 aliphatic rings. The van der Waals surface area contributed by atoms with Gasteiger partial charge in [0, 0.05) is 38.7 Å². The first-order valence-corrected chi connectivity index (χ1v) is 12.1. The highest BCUT2D eigenvalue weighted by atomic mass is 35.5. The minimum Gasteiger partial charge on any atom is -0.282 e. The number of rotatable bonds is 5. The second-order valence-electron chi connectivity index (χ2n) is 7.94. The third kappa shape index (κ3) is 3.99. The van der Waals surface area contributed by atoms with Gasteiger partial charge < -0.3 is 0 Å². The maximum absolute atomic E-state index is 6.00. The fraction of sp³-hybridized carbons (Fsp3) is 0.143. The van der Waals surface area contributed by atoms with Crippen LogP contribution in [0.25, 0.3) is 10.8 Å². The standard InChI is InChI=1S/C28H23ClN2S/c1-18-6-3-7-19(2)26(18)31-28-24-11-5-9-20-8-4-10-23(25(20)24)27(28)30-16-17-32-22-14-12-21(29)13-15-22/h3-15H,16-17H2,1-2H3. The fourth-order valence-corrected chi connectivity index (χ4v) is 5.08. The quantitative estimate of drug-likeness (QED) is 0.223. The number of halogens is 1. The highest BCUT2D eigenvalue weighted by Crippen LogP contribution is 2.34. The van der Waals surface area contributed by atoms with Crippen molar-refractivity contribution in [2.75, 3.05) is 12.3 Å². The number of aliphatic imine (C=N–C) groups is 2. The fourth-order valence-electron chi connectivity index (χ4n) is 4.21. The summed E-state index contributed by atoms with van der Waals surface area (Å²) in [7, 11) is 0. The van der Waals surface area contributed by atoms with Gasteiger partial charge in [0.1, 0.15) is 0 Å². The normalized spacial score (nSPS) is 15.2. The lowest BCUT2D eigenvalue weighted by Gasteiger charge is -2.08. The van der Waals surface area contributed by atoms with E-state index in [4.69, 9.17) is 21.6 Å². The summed E-state index contributed by atoms with van der Waals surface area (Å²) in [5.41, 5.74) is 7.72. The zero-order valence-corrected chi connectivity index (χ0v) is 19.7. The Kier molecular flexibility index (Phi) is 5.86. The SMILES string of the molecule is Cc1cccc(C)c1N=C1C(=NCCSc2ccc(Cl)cc2)c2cccc3cccc1c23. The molecule has 4 aromatic carbocycles. The van der Waals surface area contributed by atoms with Gasteiger partial charge in [-0.3, -0.25) is 4.99 Å². The van der Waals surface area contributed by atoms with Crippen LogP contribution in [-0.4, -0.2) is 23.7 Å². The molecule has 0 aromatic heterocycles. The van der Waals surface area contributed by atoms with Crippen LogP contribution in [0.1, 0.15) is 22.3 Å². The van der Waals surface area contributed by atoms with Gasteiger partial charge in [-0.2, -0.15) is 0 Å². The lowest BCUT2D eigenvalue weighted by atomic mass is 10.1. The third-order valence-corrected chi connectivity index (χ3v) is 6.99. The molecule has 2 nitrogen and oxygen atoms in total. The van der Waals surface area contributed by atoms with Gasteiger partial charge in [0.05, 0.1) is 17.1 Å². The number of benzene rings is 4. The smallest absolute Gasteiger partial charge is 0.0974 e. The molecule has 0 saturated heterocycles. The summed E-state index contributed by atoms with van der Waals surface area (Å²) >= 11 is 7.80. The van der Waals surface area contributed by atoms with E-state index in [0.29, 0.717) is 0 Å². The average molecular weight is 455 g/mol. The van der Waals surface area contributed by atoms with E-state index in [-0.39, 0.29) is 0 Å². The molecule has 0 unspecified atom stereocenters.